The van der Waals surface area contributed by atoms with E-state index in [1.165, 1.54) is 0 Å². The maximum Gasteiger partial charge on any atom is 0.253 e. The molecule has 0 radical (unpaired) electrons. The highest BCUT2D eigenvalue weighted by Gasteiger charge is 2.11. The third-order valence-corrected chi connectivity index (χ3v) is 3.27. The van der Waals surface area contributed by atoms with Gasteiger partial charge in [0.2, 0.25) is 0 Å². The molecule has 0 spiro atoms. The highest BCUT2D eigenvalue weighted by Crippen LogP contribution is 2.18. The Bertz CT molecular complexity index is 621. The van der Waals surface area contributed by atoms with Crippen LogP contribution in [0.1, 0.15) is 21.6 Å². The number of carbonyl (C=O) groups is 1. The number of nitrogens with zero attached hydrogens (tertiary/aromatic N) is 2. The number of aryl methyl sites for hydroxylation is 1. The maximum atomic E-state index is 12.0. The van der Waals surface area contributed by atoms with Crippen molar-refractivity contribution in [3.63, 3.8) is 0 Å². The van der Waals surface area contributed by atoms with Gasteiger partial charge in [0, 0.05) is 35.6 Å². The largest absolute Gasteiger partial charge is 0.398 e. The molecule has 0 fully saturated rings. The second-order valence-corrected chi connectivity index (χ2v) is 4.73. The van der Waals surface area contributed by atoms with Crippen LogP contribution in [-0.4, -0.2) is 15.7 Å². The minimum absolute atomic E-state index is 0.225. The average Bonchev–Trinajstić information content (AvgIpc) is 2.67. The number of aromatic nitrogens is 2. The third kappa shape index (κ3) is 2.88. The number of rotatable bonds is 3. The summed E-state index contributed by atoms with van der Waals surface area (Å²) >= 11 is 5.80. The lowest BCUT2D eigenvalue weighted by molar-refractivity contribution is 0.0952. The van der Waals surface area contributed by atoms with Crippen molar-refractivity contribution in [2.24, 2.45) is 7.05 Å². The Hall–Kier alpha value is -2.01. The first kappa shape index (κ1) is 13.4. The van der Waals surface area contributed by atoms with Gasteiger partial charge in [0.1, 0.15) is 0 Å². The zero-order valence-corrected chi connectivity index (χ0v) is 11.5. The number of amides is 1. The monoisotopic (exact) mass is 278 g/mol. The van der Waals surface area contributed by atoms with E-state index in [0.717, 1.165) is 11.3 Å². The summed E-state index contributed by atoms with van der Waals surface area (Å²) in [6.45, 7) is 2.37. The van der Waals surface area contributed by atoms with Gasteiger partial charge in [0.15, 0.2) is 0 Å². The summed E-state index contributed by atoms with van der Waals surface area (Å²) in [6.07, 6.45) is 1.74. The number of nitrogens with one attached hydrogen (secondary N) is 1. The molecule has 5 nitrogen and oxygen atoms in total. The van der Waals surface area contributed by atoms with Gasteiger partial charge in [-0.05, 0) is 25.1 Å². The van der Waals surface area contributed by atoms with Crippen LogP contribution in [0.15, 0.2) is 24.4 Å². The van der Waals surface area contributed by atoms with Gasteiger partial charge < -0.3 is 11.1 Å². The number of halogens is 1. The molecular formula is C13H15ClN4O. The fourth-order valence-corrected chi connectivity index (χ4v) is 1.91. The molecule has 3 N–H and O–H groups in total. The number of hydrogen-bond acceptors (Lipinski definition) is 3. The number of anilines is 1. The van der Waals surface area contributed by atoms with Crippen LogP contribution < -0.4 is 11.1 Å². The standard InChI is InChI=1S/C13H15ClN4O/c1-8-9(7-17-18(8)2)6-16-13(19)11-4-3-10(14)5-12(11)15/h3-5,7H,6,15H2,1-2H3,(H,16,19). The average molecular weight is 279 g/mol. The van der Waals surface area contributed by atoms with Crippen LogP contribution >= 0.6 is 11.6 Å². The molecule has 2 aromatic rings. The van der Waals surface area contributed by atoms with Crippen molar-refractivity contribution >= 4 is 23.2 Å². The molecule has 100 valence electrons. The van der Waals surface area contributed by atoms with Gasteiger partial charge in [-0.1, -0.05) is 11.6 Å². The molecular weight excluding hydrogens is 264 g/mol. The van der Waals surface area contributed by atoms with Gasteiger partial charge in [-0.3, -0.25) is 9.48 Å². The lowest BCUT2D eigenvalue weighted by Crippen LogP contribution is -2.24. The Kier molecular flexibility index (Phi) is 3.76. The summed E-state index contributed by atoms with van der Waals surface area (Å²) in [6, 6.07) is 4.82. The summed E-state index contributed by atoms with van der Waals surface area (Å²) in [7, 11) is 1.86. The van der Waals surface area contributed by atoms with E-state index in [1.54, 1.807) is 29.1 Å². The van der Waals surface area contributed by atoms with E-state index in [2.05, 4.69) is 10.4 Å². The summed E-state index contributed by atoms with van der Waals surface area (Å²) < 4.78 is 1.76. The molecule has 1 amide bonds. The van der Waals surface area contributed by atoms with Crippen molar-refractivity contribution in [2.45, 2.75) is 13.5 Å². The number of carbonyl (C=O) groups excluding carboxylic acids is 1. The maximum absolute atomic E-state index is 12.0. The SMILES string of the molecule is Cc1c(CNC(=O)c2ccc(Cl)cc2N)cnn1C. The zero-order chi connectivity index (χ0) is 14.0. The molecule has 0 aliphatic rings. The Morgan fingerprint density at radius 1 is 1.53 bits per heavy atom. The van der Waals surface area contributed by atoms with Crippen LogP contribution in [0.5, 0.6) is 0 Å². The second-order valence-electron chi connectivity index (χ2n) is 4.29. The van der Waals surface area contributed by atoms with Crippen LogP contribution in [0.2, 0.25) is 5.02 Å². The number of benzene rings is 1. The summed E-state index contributed by atoms with van der Waals surface area (Å²) in [5.41, 5.74) is 8.55. The van der Waals surface area contributed by atoms with Crippen molar-refractivity contribution in [2.75, 3.05) is 5.73 Å². The molecule has 1 aromatic heterocycles. The molecule has 0 saturated carbocycles. The van der Waals surface area contributed by atoms with Crippen molar-refractivity contribution in [3.05, 3.63) is 46.2 Å². The highest BCUT2D eigenvalue weighted by atomic mass is 35.5. The number of nitrogen functional groups attached to an aromatic ring is 1. The Labute approximate surface area is 116 Å². The zero-order valence-electron chi connectivity index (χ0n) is 10.8. The van der Waals surface area contributed by atoms with Crippen LogP contribution in [0.3, 0.4) is 0 Å². The fourth-order valence-electron chi connectivity index (χ4n) is 1.73. The molecule has 0 aliphatic carbocycles. The van der Waals surface area contributed by atoms with Gasteiger partial charge >= 0.3 is 0 Å². The van der Waals surface area contributed by atoms with Gasteiger partial charge in [0.25, 0.3) is 5.91 Å². The first-order chi connectivity index (χ1) is 8.99. The Morgan fingerprint density at radius 3 is 2.84 bits per heavy atom. The molecule has 0 atom stereocenters. The summed E-state index contributed by atoms with van der Waals surface area (Å²) in [4.78, 5) is 12.0. The van der Waals surface area contributed by atoms with Gasteiger partial charge in [-0.25, -0.2) is 0 Å². The van der Waals surface area contributed by atoms with E-state index in [4.69, 9.17) is 17.3 Å². The van der Waals surface area contributed by atoms with Crippen LogP contribution in [0.4, 0.5) is 5.69 Å². The topological polar surface area (TPSA) is 72.9 Å². The molecule has 1 heterocycles. The van der Waals surface area contributed by atoms with E-state index in [-0.39, 0.29) is 5.91 Å². The first-order valence-electron chi connectivity index (χ1n) is 5.79. The van der Waals surface area contributed by atoms with Crippen molar-refractivity contribution in [1.82, 2.24) is 15.1 Å². The van der Waals surface area contributed by atoms with Crippen molar-refractivity contribution in [1.29, 1.82) is 0 Å². The molecule has 2 rings (SSSR count). The minimum Gasteiger partial charge on any atom is -0.398 e. The summed E-state index contributed by atoms with van der Waals surface area (Å²) in [5, 5.41) is 7.44. The quantitative estimate of drug-likeness (QED) is 0.842. The molecule has 0 saturated heterocycles. The van der Waals surface area contributed by atoms with E-state index in [9.17, 15) is 4.79 Å². The van der Waals surface area contributed by atoms with Gasteiger partial charge in [0.05, 0.1) is 11.8 Å². The normalized spacial score (nSPS) is 10.5. The van der Waals surface area contributed by atoms with Crippen LogP contribution in [0.25, 0.3) is 0 Å². The van der Waals surface area contributed by atoms with Crippen LogP contribution in [-0.2, 0) is 13.6 Å². The lowest BCUT2D eigenvalue weighted by Gasteiger charge is -2.07. The van der Waals surface area contributed by atoms with Gasteiger partial charge in [-0.15, -0.1) is 0 Å². The second kappa shape index (κ2) is 5.32. The molecule has 0 unspecified atom stereocenters. The van der Waals surface area contributed by atoms with Crippen molar-refractivity contribution in [3.8, 4) is 0 Å². The van der Waals surface area contributed by atoms with Crippen molar-refractivity contribution < 1.29 is 4.79 Å². The highest BCUT2D eigenvalue weighted by molar-refractivity contribution is 6.31. The number of nitrogens with two attached hydrogens (primary N) is 1. The fraction of sp³-hybridized carbons (Fsp3) is 0.231. The van der Waals surface area contributed by atoms with E-state index < -0.39 is 0 Å². The molecule has 0 aliphatic heterocycles. The number of hydrogen-bond donors (Lipinski definition) is 2. The van der Waals surface area contributed by atoms with Gasteiger partial charge in [-0.2, -0.15) is 5.10 Å². The first-order valence-corrected chi connectivity index (χ1v) is 6.17. The Balaban J connectivity index is 2.07. The molecule has 1 aromatic carbocycles. The minimum atomic E-state index is -0.225. The van der Waals surface area contributed by atoms with Crippen LogP contribution in [0, 0.1) is 6.92 Å². The predicted octanol–water partition coefficient (Wildman–Crippen LogP) is 1.89. The Morgan fingerprint density at radius 2 is 2.26 bits per heavy atom. The third-order valence-electron chi connectivity index (χ3n) is 3.03. The summed E-state index contributed by atoms with van der Waals surface area (Å²) in [5.74, 6) is -0.225. The molecule has 6 heteroatoms. The van der Waals surface area contributed by atoms with E-state index in [1.807, 2.05) is 14.0 Å². The van der Waals surface area contributed by atoms with E-state index in [0.29, 0.717) is 22.8 Å². The lowest BCUT2D eigenvalue weighted by atomic mass is 10.1. The molecule has 0 bridgehead atoms. The smallest absolute Gasteiger partial charge is 0.253 e. The molecule has 19 heavy (non-hydrogen) atoms. The predicted molar refractivity (Wildman–Crippen MR) is 75.0 cm³/mol. The van der Waals surface area contributed by atoms with E-state index >= 15 is 0 Å².